The van der Waals surface area contributed by atoms with Gasteiger partial charge in [-0.25, -0.2) is 4.98 Å². The minimum absolute atomic E-state index is 0.0893. The molecule has 0 fully saturated rings. The molecule has 0 atom stereocenters. The van der Waals surface area contributed by atoms with Crippen LogP contribution in [0.1, 0.15) is 5.69 Å². The van der Waals surface area contributed by atoms with E-state index >= 15 is 0 Å². The quantitative estimate of drug-likeness (QED) is 0.787. The minimum atomic E-state index is -0.0893. The van der Waals surface area contributed by atoms with Crippen molar-refractivity contribution >= 4 is 38.6 Å². The maximum atomic E-state index is 12.1. The molecule has 5 heteroatoms. The van der Waals surface area contributed by atoms with Crippen LogP contribution in [-0.2, 0) is 11.3 Å². The van der Waals surface area contributed by atoms with Gasteiger partial charge >= 0.3 is 0 Å². The van der Waals surface area contributed by atoms with Gasteiger partial charge in [-0.2, -0.15) is 0 Å². The van der Waals surface area contributed by atoms with E-state index in [1.807, 2.05) is 54.1 Å². The lowest BCUT2D eigenvalue weighted by Gasteiger charge is -2.07. The van der Waals surface area contributed by atoms with Gasteiger partial charge in [0, 0.05) is 27.3 Å². The number of nitrogens with one attached hydrogen (secondary N) is 1. The summed E-state index contributed by atoms with van der Waals surface area (Å²) in [5.41, 5.74) is 1.91. The Labute approximate surface area is 130 Å². The molecule has 3 aromatic rings. The number of hydrogen-bond acceptors (Lipinski definition) is 2. The van der Waals surface area contributed by atoms with Crippen LogP contribution < -0.4 is 5.32 Å². The summed E-state index contributed by atoms with van der Waals surface area (Å²) in [6.45, 7) is 2.16. The fourth-order valence-corrected chi connectivity index (χ4v) is 2.64. The van der Waals surface area contributed by atoms with Crippen molar-refractivity contribution in [2.24, 2.45) is 0 Å². The molecule has 0 radical (unpaired) electrons. The van der Waals surface area contributed by atoms with E-state index in [0.29, 0.717) is 5.82 Å². The lowest BCUT2D eigenvalue weighted by molar-refractivity contribution is -0.116. The Hall–Kier alpha value is -2.14. The number of nitrogens with zero attached hydrogens (tertiary/aromatic N) is 2. The highest BCUT2D eigenvalue weighted by molar-refractivity contribution is 9.10. The Balaban J connectivity index is 1.77. The molecule has 1 N–H and O–H groups in total. The number of aryl methyl sites for hydroxylation is 1. The number of hydrogen-bond donors (Lipinski definition) is 1. The molecule has 0 aliphatic heterocycles. The molecule has 0 unspecified atom stereocenters. The lowest BCUT2D eigenvalue weighted by Crippen LogP contribution is -2.18. The van der Waals surface area contributed by atoms with Gasteiger partial charge in [-0.05, 0) is 43.3 Å². The largest absolute Gasteiger partial charge is 0.338 e. The van der Waals surface area contributed by atoms with Crippen LogP contribution in [0, 0.1) is 6.92 Å². The van der Waals surface area contributed by atoms with Gasteiger partial charge in [-0.3, -0.25) is 4.79 Å². The Kier molecular flexibility index (Phi) is 3.75. The van der Waals surface area contributed by atoms with Crippen LogP contribution in [0.15, 0.2) is 53.1 Å². The number of aromatic nitrogens is 2. The van der Waals surface area contributed by atoms with Gasteiger partial charge < -0.3 is 9.88 Å². The fourth-order valence-electron chi connectivity index (χ4n) is 2.26. The zero-order chi connectivity index (χ0) is 14.8. The second-order valence-corrected chi connectivity index (χ2v) is 5.77. The number of halogens is 1. The number of benzene rings is 1. The van der Waals surface area contributed by atoms with Gasteiger partial charge in [0.05, 0.1) is 0 Å². The molecule has 1 amide bonds. The third-order valence-electron chi connectivity index (χ3n) is 3.20. The molecule has 0 aliphatic carbocycles. The number of carbonyl (C=O) groups excluding carboxylic acids is 1. The van der Waals surface area contributed by atoms with Crippen molar-refractivity contribution in [2.45, 2.75) is 13.5 Å². The molecular weight excluding hydrogens is 330 g/mol. The maximum absolute atomic E-state index is 12.1. The molecule has 2 aromatic heterocycles. The molecular formula is C16H14BrN3O. The van der Waals surface area contributed by atoms with E-state index in [4.69, 9.17) is 0 Å². The number of amides is 1. The molecule has 21 heavy (non-hydrogen) atoms. The SMILES string of the molecule is Cc1cccc(NC(=O)Cn2ccc3cc(Br)ccc32)n1. The smallest absolute Gasteiger partial charge is 0.245 e. The highest BCUT2D eigenvalue weighted by atomic mass is 79.9. The summed E-state index contributed by atoms with van der Waals surface area (Å²) >= 11 is 3.45. The number of fused-ring (bicyclic) bond motifs is 1. The molecule has 0 spiro atoms. The van der Waals surface area contributed by atoms with Crippen LogP contribution in [0.4, 0.5) is 5.82 Å². The van der Waals surface area contributed by atoms with Gasteiger partial charge in [-0.15, -0.1) is 0 Å². The molecule has 0 aliphatic rings. The van der Waals surface area contributed by atoms with Crippen molar-refractivity contribution in [2.75, 3.05) is 5.32 Å². The van der Waals surface area contributed by atoms with Gasteiger partial charge in [-0.1, -0.05) is 22.0 Å². The summed E-state index contributed by atoms with van der Waals surface area (Å²) in [7, 11) is 0. The molecule has 1 aromatic carbocycles. The lowest BCUT2D eigenvalue weighted by atomic mass is 10.2. The van der Waals surface area contributed by atoms with E-state index in [1.165, 1.54) is 0 Å². The van der Waals surface area contributed by atoms with Crippen LogP contribution in [0.5, 0.6) is 0 Å². The monoisotopic (exact) mass is 343 g/mol. The van der Waals surface area contributed by atoms with Gasteiger partial charge in [0.2, 0.25) is 5.91 Å². The van der Waals surface area contributed by atoms with Crippen LogP contribution in [-0.4, -0.2) is 15.5 Å². The second kappa shape index (κ2) is 5.69. The topological polar surface area (TPSA) is 46.9 Å². The molecule has 3 rings (SSSR count). The Bertz CT molecular complexity index is 810. The average molecular weight is 344 g/mol. The summed E-state index contributed by atoms with van der Waals surface area (Å²) in [5.74, 6) is 0.493. The summed E-state index contributed by atoms with van der Waals surface area (Å²) in [6, 6.07) is 13.6. The average Bonchev–Trinajstić information content (AvgIpc) is 2.81. The van der Waals surface area contributed by atoms with Crippen LogP contribution in [0.3, 0.4) is 0 Å². The minimum Gasteiger partial charge on any atom is -0.338 e. The van der Waals surface area contributed by atoms with Gasteiger partial charge in [0.15, 0.2) is 0 Å². The van der Waals surface area contributed by atoms with Crippen molar-refractivity contribution in [3.8, 4) is 0 Å². The maximum Gasteiger partial charge on any atom is 0.245 e. The molecule has 0 bridgehead atoms. The third-order valence-corrected chi connectivity index (χ3v) is 3.70. The fraction of sp³-hybridized carbons (Fsp3) is 0.125. The van der Waals surface area contributed by atoms with Gasteiger partial charge in [0.1, 0.15) is 12.4 Å². The van der Waals surface area contributed by atoms with Crippen molar-refractivity contribution < 1.29 is 4.79 Å². The van der Waals surface area contributed by atoms with Crippen LogP contribution >= 0.6 is 15.9 Å². The molecule has 0 saturated carbocycles. The summed E-state index contributed by atoms with van der Waals surface area (Å²) in [4.78, 5) is 16.4. The normalized spacial score (nSPS) is 10.8. The predicted molar refractivity (Wildman–Crippen MR) is 87.2 cm³/mol. The Morgan fingerprint density at radius 3 is 2.95 bits per heavy atom. The highest BCUT2D eigenvalue weighted by Gasteiger charge is 2.07. The molecule has 0 saturated heterocycles. The third kappa shape index (κ3) is 3.13. The second-order valence-electron chi connectivity index (χ2n) is 4.86. The van der Waals surface area contributed by atoms with Crippen molar-refractivity contribution in [1.82, 2.24) is 9.55 Å². The first kappa shape index (κ1) is 13.8. The van der Waals surface area contributed by atoms with Crippen LogP contribution in [0.2, 0.25) is 0 Å². The summed E-state index contributed by atoms with van der Waals surface area (Å²) < 4.78 is 2.95. The van der Waals surface area contributed by atoms with Crippen molar-refractivity contribution in [3.05, 3.63) is 58.8 Å². The zero-order valence-electron chi connectivity index (χ0n) is 11.5. The number of carbonyl (C=O) groups is 1. The molecule has 4 nitrogen and oxygen atoms in total. The predicted octanol–water partition coefficient (Wildman–Crippen LogP) is 3.75. The Morgan fingerprint density at radius 2 is 2.14 bits per heavy atom. The molecule has 2 heterocycles. The molecule has 106 valence electrons. The van der Waals surface area contributed by atoms with E-state index in [0.717, 1.165) is 21.1 Å². The van der Waals surface area contributed by atoms with E-state index in [1.54, 1.807) is 6.07 Å². The number of anilines is 1. The first-order valence-electron chi connectivity index (χ1n) is 6.60. The number of pyridine rings is 1. The number of rotatable bonds is 3. The first-order chi connectivity index (χ1) is 10.1. The van der Waals surface area contributed by atoms with Crippen molar-refractivity contribution in [1.29, 1.82) is 0 Å². The highest BCUT2D eigenvalue weighted by Crippen LogP contribution is 2.20. The van der Waals surface area contributed by atoms with E-state index in [-0.39, 0.29) is 12.5 Å². The van der Waals surface area contributed by atoms with Gasteiger partial charge in [0.25, 0.3) is 0 Å². The first-order valence-corrected chi connectivity index (χ1v) is 7.39. The Morgan fingerprint density at radius 1 is 1.29 bits per heavy atom. The van der Waals surface area contributed by atoms with E-state index in [2.05, 4.69) is 26.2 Å². The summed E-state index contributed by atoms with van der Waals surface area (Å²) in [6.07, 6.45) is 1.92. The van der Waals surface area contributed by atoms with Crippen molar-refractivity contribution in [3.63, 3.8) is 0 Å². The zero-order valence-corrected chi connectivity index (χ0v) is 13.1. The standard InChI is InChI=1S/C16H14BrN3O/c1-11-3-2-4-15(18-11)19-16(21)10-20-8-7-12-9-13(17)5-6-14(12)20/h2-9H,10H2,1H3,(H,18,19,21). The van der Waals surface area contributed by atoms with E-state index < -0.39 is 0 Å². The summed E-state index contributed by atoms with van der Waals surface area (Å²) in [5, 5.41) is 3.92. The van der Waals surface area contributed by atoms with E-state index in [9.17, 15) is 4.79 Å². The van der Waals surface area contributed by atoms with Crippen LogP contribution in [0.25, 0.3) is 10.9 Å².